The highest BCUT2D eigenvalue weighted by atomic mass is 31.2. The summed E-state index contributed by atoms with van der Waals surface area (Å²) in [6.07, 6.45) is 10.00. The van der Waals surface area contributed by atoms with Crippen LogP contribution < -0.4 is 0 Å². The molecule has 0 aromatic heterocycles. The van der Waals surface area contributed by atoms with Gasteiger partial charge in [0.1, 0.15) is 0 Å². The molecule has 0 rings (SSSR count). The molecule has 0 aliphatic rings. The lowest BCUT2D eigenvalue weighted by Crippen LogP contribution is -1.95. The van der Waals surface area contributed by atoms with E-state index in [9.17, 15) is 4.57 Å². The van der Waals surface area contributed by atoms with E-state index < -0.39 is 7.82 Å². The van der Waals surface area contributed by atoms with Gasteiger partial charge in [-0.1, -0.05) is 43.6 Å². The molecule has 0 aromatic carbocycles. The topological polar surface area (TPSA) is 44.8 Å². The first-order valence-electron chi connectivity index (χ1n) is 8.00. The van der Waals surface area contributed by atoms with E-state index in [0.29, 0.717) is 0 Å². The van der Waals surface area contributed by atoms with Crippen LogP contribution in [0.25, 0.3) is 0 Å². The van der Waals surface area contributed by atoms with Gasteiger partial charge in [-0.25, -0.2) is 4.57 Å². The third kappa shape index (κ3) is 11.2. The van der Waals surface area contributed by atoms with Crippen molar-refractivity contribution in [1.29, 1.82) is 0 Å². The molecular weight excluding hydrogens is 299 g/mol. The molecule has 4 nitrogen and oxygen atoms in total. The molecule has 0 fully saturated rings. The summed E-state index contributed by atoms with van der Waals surface area (Å²) >= 11 is 0. The highest BCUT2D eigenvalue weighted by Crippen LogP contribution is 2.47. The van der Waals surface area contributed by atoms with Crippen LogP contribution in [0.5, 0.6) is 0 Å². The van der Waals surface area contributed by atoms with Gasteiger partial charge < -0.3 is 0 Å². The Morgan fingerprint density at radius 3 is 2.18 bits per heavy atom. The van der Waals surface area contributed by atoms with Crippen LogP contribution in [0.4, 0.5) is 0 Å². The fraction of sp³-hybridized carbons (Fsp3) is 0.765. The zero-order valence-electron chi connectivity index (χ0n) is 15.1. The average molecular weight is 332 g/mol. The van der Waals surface area contributed by atoms with Crippen LogP contribution in [0.1, 0.15) is 59.8 Å². The Labute approximate surface area is 136 Å². The van der Waals surface area contributed by atoms with Crippen molar-refractivity contribution < 1.29 is 18.1 Å². The van der Waals surface area contributed by atoms with Crippen molar-refractivity contribution in [3.8, 4) is 0 Å². The average Bonchev–Trinajstić information content (AvgIpc) is 2.46. The molecule has 5 heteroatoms. The largest absolute Gasteiger partial charge is 0.474 e. The third-order valence-electron chi connectivity index (χ3n) is 3.50. The van der Waals surface area contributed by atoms with Gasteiger partial charge in [0.05, 0.1) is 6.61 Å². The summed E-state index contributed by atoms with van der Waals surface area (Å²) in [4.78, 5) is 0. The fourth-order valence-corrected chi connectivity index (χ4v) is 2.61. The maximum Gasteiger partial charge on any atom is 0.474 e. The minimum atomic E-state index is -3.36. The Hall–Kier alpha value is -0.410. The lowest BCUT2D eigenvalue weighted by molar-refractivity contribution is 0.164. The maximum absolute atomic E-state index is 11.7. The Morgan fingerprint density at radius 2 is 1.64 bits per heavy atom. The molecule has 0 atom stereocenters. The molecule has 0 radical (unpaired) electrons. The molecule has 0 amide bonds. The van der Waals surface area contributed by atoms with Gasteiger partial charge in [-0.05, 0) is 45.4 Å². The normalized spacial score (nSPS) is 14.0. The lowest BCUT2D eigenvalue weighted by Gasteiger charge is -2.11. The van der Waals surface area contributed by atoms with Gasteiger partial charge in [-0.15, -0.1) is 0 Å². The van der Waals surface area contributed by atoms with E-state index in [1.165, 1.54) is 44.6 Å². The molecule has 0 saturated carbocycles. The van der Waals surface area contributed by atoms with Gasteiger partial charge in [0.15, 0.2) is 0 Å². The second-order valence-corrected chi connectivity index (χ2v) is 7.92. The quantitative estimate of drug-likeness (QED) is 0.329. The number of allylic oxidation sites excluding steroid dienone is 3. The number of hydrogen-bond donors (Lipinski definition) is 0. The summed E-state index contributed by atoms with van der Waals surface area (Å²) in [6.45, 7) is 9.02. The predicted molar refractivity (Wildman–Crippen MR) is 93.0 cm³/mol. The van der Waals surface area contributed by atoms with E-state index >= 15 is 0 Å². The standard InChI is InChI=1S/C17H33O4P/c1-15(2)9-7-10-16(3)11-8-12-17(4)13-14-21-22(18,19-5)20-6/h11,13,15H,7-10,12,14H2,1-6H3. The molecule has 22 heavy (non-hydrogen) atoms. The summed E-state index contributed by atoms with van der Waals surface area (Å²) in [6, 6.07) is 0. The predicted octanol–water partition coefficient (Wildman–Crippen LogP) is 5.90. The minimum Gasteiger partial charge on any atom is -0.290 e. The molecule has 0 aliphatic carbocycles. The molecule has 0 bridgehead atoms. The molecule has 0 unspecified atom stereocenters. The molecule has 0 N–H and O–H groups in total. The number of phosphoric ester groups is 1. The van der Waals surface area contributed by atoms with Crippen molar-refractivity contribution in [3.05, 3.63) is 23.3 Å². The summed E-state index contributed by atoms with van der Waals surface area (Å²) in [5.74, 6) is 0.785. The van der Waals surface area contributed by atoms with Crippen LogP contribution in [0.2, 0.25) is 0 Å². The second-order valence-electron chi connectivity index (χ2n) is 6.03. The number of hydrogen-bond acceptors (Lipinski definition) is 4. The van der Waals surface area contributed by atoms with Gasteiger partial charge in [0, 0.05) is 14.2 Å². The van der Waals surface area contributed by atoms with Crippen LogP contribution in [0.3, 0.4) is 0 Å². The molecule has 0 aliphatic heterocycles. The van der Waals surface area contributed by atoms with Crippen molar-refractivity contribution >= 4 is 7.82 Å². The lowest BCUT2D eigenvalue weighted by atomic mass is 10.0. The first-order valence-corrected chi connectivity index (χ1v) is 9.46. The summed E-state index contributed by atoms with van der Waals surface area (Å²) in [7, 11) is -0.730. The van der Waals surface area contributed by atoms with Crippen LogP contribution in [-0.2, 0) is 18.1 Å². The van der Waals surface area contributed by atoms with Crippen molar-refractivity contribution in [2.24, 2.45) is 5.92 Å². The van der Waals surface area contributed by atoms with Crippen molar-refractivity contribution in [1.82, 2.24) is 0 Å². The van der Waals surface area contributed by atoms with E-state index in [4.69, 9.17) is 13.6 Å². The highest BCUT2D eigenvalue weighted by Gasteiger charge is 2.21. The Bertz CT molecular complexity index is 391. The van der Waals surface area contributed by atoms with E-state index in [1.807, 2.05) is 6.08 Å². The Morgan fingerprint density at radius 1 is 1.05 bits per heavy atom. The summed E-state index contributed by atoms with van der Waals surface area (Å²) in [5.41, 5.74) is 2.68. The maximum atomic E-state index is 11.7. The van der Waals surface area contributed by atoms with Gasteiger partial charge in [0.25, 0.3) is 0 Å². The molecule has 0 heterocycles. The molecule has 0 spiro atoms. The fourth-order valence-electron chi connectivity index (χ4n) is 1.99. The first kappa shape index (κ1) is 21.6. The first-order chi connectivity index (χ1) is 10.3. The van der Waals surface area contributed by atoms with Gasteiger partial charge in [-0.2, -0.15) is 0 Å². The van der Waals surface area contributed by atoms with Gasteiger partial charge in [0.2, 0.25) is 0 Å². The van der Waals surface area contributed by atoms with E-state index in [2.05, 4.69) is 33.8 Å². The molecule has 0 aromatic rings. The SMILES string of the molecule is COP(=O)(OC)OCC=C(C)CCC=C(C)CCCC(C)C. The van der Waals surface area contributed by atoms with Crippen LogP contribution in [0.15, 0.2) is 23.3 Å². The zero-order chi connectivity index (χ0) is 17.0. The van der Waals surface area contributed by atoms with Crippen molar-refractivity contribution in [2.45, 2.75) is 59.8 Å². The van der Waals surface area contributed by atoms with Gasteiger partial charge >= 0.3 is 7.82 Å². The van der Waals surface area contributed by atoms with E-state index in [0.717, 1.165) is 18.8 Å². The summed E-state index contributed by atoms with van der Waals surface area (Å²) < 4.78 is 26.2. The molecule has 0 saturated heterocycles. The minimum absolute atomic E-state index is 0.238. The second kappa shape index (κ2) is 12.1. The third-order valence-corrected chi connectivity index (χ3v) is 4.86. The monoisotopic (exact) mass is 332 g/mol. The van der Waals surface area contributed by atoms with E-state index in [1.54, 1.807) is 0 Å². The van der Waals surface area contributed by atoms with Gasteiger partial charge in [-0.3, -0.25) is 13.6 Å². The van der Waals surface area contributed by atoms with Crippen LogP contribution in [-0.4, -0.2) is 20.8 Å². The smallest absolute Gasteiger partial charge is 0.290 e. The van der Waals surface area contributed by atoms with Crippen LogP contribution >= 0.6 is 7.82 Å². The summed E-state index contributed by atoms with van der Waals surface area (Å²) in [5, 5.41) is 0. The van der Waals surface area contributed by atoms with Crippen LogP contribution in [0, 0.1) is 5.92 Å². The van der Waals surface area contributed by atoms with Crippen molar-refractivity contribution in [2.75, 3.05) is 20.8 Å². The number of rotatable bonds is 12. The Balaban J connectivity index is 3.99. The van der Waals surface area contributed by atoms with Crippen molar-refractivity contribution in [3.63, 3.8) is 0 Å². The zero-order valence-corrected chi connectivity index (χ0v) is 15.9. The van der Waals surface area contributed by atoms with E-state index in [-0.39, 0.29) is 6.61 Å². The molecular formula is C17H33O4P. The molecule has 130 valence electrons. The Kier molecular flexibility index (Phi) is 11.8. The highest BCUT2D eigenvalue weighted by molar-refractivity contribution is 7.48. The number of phosphoric acid groups is 1.